The molecule has 0 unspecified atom stereocenters. The molecule has 78 valence electrons. The third-order valence-electron chi connectivity index (χ3n) is 2.17. The first-order valence-corrected chi connectivity index (χ1v) is 5.12. The Hall–Kier alpha value is -1.32. The predicted octanol–water partition coefficient (Wildman–Crippen LogP) is 2.55. The molecule has 2 aromatic rings. The van der Waals surface area contributed by atoms with Gasteiger partial charge in [-0.2, -0.15) is 5.10 Å². The molecule has 0 fully saturated rings. The molecule has 0 aliphatic rings. The summed E-state index contributed by atoms with van der Waals surface area (Å²) in [7, 11) is 0. The molecule has 1 aromatic carbocycles. The van der Waals surface area contributed by atoms with E-state index < -0.39 is 0 Å². The Bertz CT molecular complexity index is 445. The maximum atomic E-state index is 5.81. The van der Waals surface area contributed by atoms with Gasteiger partial charge in [0.1, 0.15) is 0 Å². The fraction of sp³-hybridized carbons (Fsp3) is 0.182. The van der Waals surface area contributed by atoms with Gasteiger partial charge in [-0.3, -0.25) is 0 Å². The van der Waals surface area contributed by atoms with E-state index in [0.29, 0.717) is 0 Å². The van der Waals surface area contributed by atoms with Crippen LogP contribution in [0.25, 0.3) is 5.69 Å². The van der Waals surface area contributed by atoms with Crippen molar-refractivity contribution in [2.45, 2.75) is 13.0 Å². The Labute approximate surface area is 93.5 Å². The molecule has 4 heteroatoms. The van der Waals surface area contributed by atoms with E-state index in [0.717, 1.165) is 16.4 Å². The topological polar surface area (TPSA) is 43.8 Å². The summed E-state index contributed by atoms with van der Waals surface area (Å²) in [5, 5.41) is 5.08. The van der Waals surface area contributed by atoms with Crippen LogP contribution in [-0.2, 0) is 0 Å². The Morgan fingerprint density at radius 3 is 2.47 bits per heavy atom. The molecule has 0 spiro atoms. The molecule has 0 aliphatic heterocycles. The highest BCUT2D eigenvalue weighted by Gasteiger charge is 2.04. The van der Waals surface area contributed by atoms with Gasteiger partial charge in [0.2, 0.25) is 0 Å². The molecular weight excluding hydrogens is 210 g/mol. The van der Waals surface area contributed by atoms with Crippen LogP contribution < -0.4 is 5.73 Å². The van der Waals surface area contributed by atoms with Gasteiger partial charge in [-0.1, -0.05) is 11.6 Å². The number of hydrogen-bond acceptors (Lipinski definition) is 2. The summed E-state index contributed by atoms with van der Waals surface area (Å²) in [6.07, 6.45) is 1.89. The van der Waals surface area contributed by atoms with Gasteiger partial charge in [0.15, 0.2) is 0 Å². The molecule has 0 radical (unpaired) electrons. The van der Waals surface area contributed by atoms with Crippen LogP contribution in [0.2, 0.25) is 5.02 Å². The van der Waals surface area contributed by atoms with E-state index in [9.17, 15) is 0 Å². The van der Waals surface area contributed by atoms with Gasteiger partial charge in [0, 0.05) is 17.3 Å². The smallest absolute Gasteiger partial charge is 0.0793 e. The van der Waals surface area contributed by atoms with Crippen LogP contribution in [0, 0.1) is 0 Å². The first kappa shape index (κ1) is 10.2. The van der Waals surface area contributed by atoms with Gasteiger partial charge in [-0.25, -0.2) is 4.68 Å². The van der Waals surface area contributed by atoms with Crippen LogP contribution in [0.5, 0.6) is 0 Å². The lowest BCUT2D eigenvalue weighted by Gasteiger charge is -2.02. The van der Waals surface area contributed by atoms with Crippen molar-refractivity contribution < 1.29 is 0 Å². The second-order valence-corrected chi connectivity index (χ2v) is 3.89. The fourth-order valence-electron chi connectivity index (χ4n) is 1.32. The zero-order valence-corrected chi connectivity index (χ0v) is 9.15. The van der Waals surface area contributed by atoms with Crippen molar-refractivity contribution >= 4 is 11.6 Å². The number of halogens is 1. The highest BCUT2D eigenvalue weighted by Crippen LogP contribution is 2.14. The van der Waals surface area contributed by atoms with E-state index in [1.165, 1.54) is 0 Å². The zero-order valence-electron chi connectivity index (χ0n) is 8.39. The molecule has 3 nitrogen and oxygen atoms in total. The lowest BCUT2D eigenvalue weighted by atomic mass is 10.3. The Morgan fingerprint density at radius 2 is 1.93 bits per heavy atom. The highest BCUT2D eigenvalue weighted by molar-refractivity contribution is 6.30. The molecule has 2 rings (SSSR count). The average molecular weight is 222 g/mol. The normalized spacial score (nSPS) is 12.7. The first-order chi connectivity index (χ1) is 7.16. The summed E-state index contributed by atoms with van der Waals surface area (Å²) in [6, 6.07) is 9.38. The van der Waals surface area contributed by atoms with Gasteiger partial charge in [-0.05, 0) is 37.3 Å². The SMILES string of the molecule is C[C@H](N)c1ccn(-c2ccc(Cl)cc2)n1. The van der Waals surface area contributed by atoms with Crippen molar-refractivity contribution in [1.82, 2.24) is 9.78 Å². The van der Waals surface area contributed by atoms with Crippen molar-refractivity contribution in [1.29, 1.82) is 0 Å². The van der Waals surface area contributed by atoms with Crippen molar-refractivity contribution in [2.75, 3.05) is 0 Å². The number of benzene rings is 1. The van der Waals surface area contributed by atoms with E-state index in [2.05, 4.69) is 5.10 Å². The molecule has 0 bridgehead atoms. The van der Waals surface area contributed by atoms with E-state index in [4.69, 9.17) is 17.3 Å². The molecule has 2 N–H and O–H groups in total. The Morgan fingerprint density at radius 1 is 1.27 bits per heavy atom. The number of nitrogens with zero attached hydrogens (tertiary/aromatic N) is 2. The second-order valence-electron chi connectivity index (χ2n) is 3.45. The van der Waals surface area contributed by atoms with E-state index in [1.807, 2.05) is 43.5 Å². The lowest BCUT2D eigenvalue weighted by molar-refractivity contribution is 0.742. The zero-order chi connectivity index (χ0) is 10.8. The maximum Gasteiger partial charge on any atom is 0.0793 e. The number of hydrogen-bond donors (Lipinski definition) is 1. The third-order valence-corrected chi connectivity index (χ3v) is 2.42. The molecule has 15 heavy (non-hydrogen) atoms. The van der Waals surface area contributed by atoms with Crippen LogP contribution in [0.1, 0.15) is 18.7 Å². The maximum absolute atomic E-state index is 5.81. The molecule has 1 atom stereocenters. The monoisotopic (exact) mass is 221 g/mol. The molecule has 0 aliphatic carbocycles. The summed E-state index contributed by atoms with van der Waals surface area (Å²) < 4.78 is 1.79. The number of aromatic nitrogens is 2. The largest absolute Gasteiger partial charge is 0.323 e. The molecule has 0 saturated heterocycles. The minimum Gasteiger partial charge on any atom is -0.323 e. The highest BCUT2D eigenvalue weighted by atomic mass is 35.5. The molecule has 0 saturated carbocycles. The van der Waals surface area contributed by atoms with E-state index in [-0.39, 0.29) is 6.04 Å². The Kier molecular flexibility index (Phi) is 2.75. The van der Waals surface area contributed by atoms with Crippen molar-refractivity contribution in [3.05, 3.63) is 47.2 Å². The van der Waals surface area contributed by atoms with Gasteiger partial charge >= 0.3 is 0 Å². The lowest BCUT2D eigenvalue weighted by Crippen LogP contribution is -2.06. The molecule has 1 aromatic heterocycles. The van der Waals surface area contributed by atoms with E-state index >= 15 is 0 Å². The van der Waals surface area contributed by atoms with Gasteiger partial charge < -0.3 is 5.73 Å². The van der Waals surface area contributed by atoms with Crippen molar-refractivity contribution in [3.63, 3.8) is 0 Å². The first-order valence-electron chi connectivity index (χ1n) is 4.74. The van der Waals surface area contributed by atoms with Crippen LogP contribution in [0.3, 0.4) is 0 Å². The predicted molar refractivity (Wildman–Crippen MR) is 61.2 cm³/mol. The number of rotatable bonds is 2. The average Bonchev–Trinajstić information content (AvgIpc) is 2.68. The third kappa shape index (κ3) is 2.19. The summed E-state index contributed by atoms with van der Waals surface area (Å²) >= 11 is 5.81. The van der Waals surface area contributed by atoms with Crippen LogP contribution in [0.4, 0.5) is 0 Å². The standard InChI is InChI=1S/C11H12ClN3/c1-8(13)11-6-7-15(14-11)10-4-2-9(12)3-5-10/h2-8H,13H2,1H3/t8-/m0/s1. The van der Waals surface area contributed by atoms with Crippen molar-refractivity contribution in [2.24, 2.45) is 5.73 Å². The second kappa shape index (κ2) is 4.04. The van der Waals surface area contributed by atoms with Gasteiger partial charge in [0.25, 0.3) is 0 Å². The Balaban J connectivity index is 2.33. The minimum absolute atomic E-state index is 0.0430. The fourth-order valence-corrected chi connectivity index (χ4v) is 1.44. The minimum atomic E-state index is -0.0430. The summed E-state index contributed by atoms with van der Waals surface area (Å²) in [5.41, 5.74) is 7.59. The number of nitrogens with two attached hydrogens (primary N) is 1. The van der Waals surface area contributed by atoms with Crippen molar-refractivity contribution in [3.8, 4) is 5.69 Å². The van der Waals surface area contributed by atoms with Crippen LogP contribution in [0.15, 0.2) is 36.5 Å². The summed E-state index contributed by atoms with van der Waals surface area (Å²) in [5.74, 6) is 0. The van der Waals surface area contributed by atoms with E-state index in [1.54, 1.807) is 4.68 Å². The van der Waals surface area contributed by atoms with Crippen LogP contribution >= 0.6 is 11.6 Å². The van der Waals surface area contributed by atoms with Gasteiger partial charge in [-0.15, -0.1) is 0 Å². The summed E-state index contributed by atoms with van der Waals surface area (Å²) in [4.78, 5) is 0. The summed E-state index contributed by atoms with van der Waals surface area (Å²) in [6.45, 7) is 1.91. The van der Waals surface area contributed by atoms with Crippen LogP contribution in [-0.4, -0.2) is 9.78 Å². The molecular formula is C11H12ClN3. The molecule has 1 heterocycles. The van der Waals surface area contributed by atoms with Gasteiger partial charge in [0.05, 0.1) is 11.4 Å². The molecule has 0 amide bonds. The quantitative estimate of drug-likeness (QED) is 0.847.